The molecular formula is C29H48O2. The minimum atomic E-state index is -0.477. The molecule has 0 aliphatic heterocycles. The van der Waals surface area contributed by atoms with Gasteiger partial charge in [0.1, 0.15) is 0 Å². The molecule has 0 aromatic carbocycles. The summed E-state index contributed by atoms with van der Waals surface area (Å²) in [4.78, 5) is 12.1. The molecule has 0 saturated heterocycles. The summed E-state index contributed by atoms with van der Waals surface area (Å²) in [5, 5.41) is 11.0. The fourth-order valence-corrected chi connectivity index (χ4v) is 9.27. The van der Waals surface area contributed by atoms with Crippen LogP contribution in [-0.4, -0.2) is 17.0 Å². The van der Waals surface area contributed by atoms with Crippen LogP contribution in [0.2, 0.25) is 0 Å². The van der Waals surface area contributed by atoms with Gasteiger partial charge in [0, 0.05) is 11.8 Å². The van der Waals surface area contributed by atoms with Gasteiger partial charge in [0.15, 0.2) is 5.78 Å². The summed E-state index contributed by atoms with van der Waals surface area (Å²) in [5.41, 5.74) is 1.59. The van der Waals surface area contributed by atoms with Gasteiger partial charge in [0.25, 0.3) is 0 Å². The molecule has 9 unspecified atom stereocenters. The molecule has 0 heterocycles. The van der Waals surface area contributed by atoms with Crippen molar-refractivity contribution in [3.05, 3.63) is 11.6 Å². The fourth-order valence-electron chi connectivity index (χ4n) is 9.27. The summed E-state index contributed by atoms with van der Waals surface area (Å²) in [6.07, 6.45) is 13.5. The Morgan fingerprint density at radius 2 is 1.81 bits per heavy atom. The van der Waals surface area contributed by atoms with Gasteiger partial charge in [-0.25, -0.2) is 0 Å². The minimum absolute atomic E-state index is 0.139. The third-order valence-electron chi connectivity index (χ3n) is 11.3. The molecule has 0 aromatic rings. The first-order valence-corrected chi connectivity index (χ1v) is 13.5. The van der Waals surface area contributed by atoms with Crippen LogP contribution in [0, 0.1) is 52.3 Å². The van der Waals surface area contributed by atoms with Gasteiger partial charge in [0.2, 0.25) is 0 Å². The van der Waals surface area contributed by atoms with Gasteiger partial charge >= 0.3 is 0 Å². The van der Waals surface area contributed by atoms with Gasteiger partial charge in [-0.05, 0) is 97.9 Å². The second kappa shape index (κ2) is 8.62. The summed E-state index contributed by atoms with van der Waals surface area (Å²) in [6.45, 7) is 14.6. The maximum absolute atomic E-state index is 12.1. The zero-order chi connectivity index (χ0) is 22.6. The predicted molar refractivity (Wildman–Crippen MR) is 129 cm³/mol. The number of aliphatic hydroxyl groups is 1. The van der Waals surface area contributed by atoms with Gasteiger partial charge in [-0.2, -0.15) is 0 Å². The number of rotatable bonds is 6. The SMILES string of the molecule is CCC(CCC(C)C1CCC2C3CCC4=CC(=O)CC(O)C4(C)C3CCC12C)C(C)C. The summed E-state index contributed by atoms with van der Waals surface area (Å²) >= 11 is 0. The molecule has 3 fully saturated rings. The second-order valence-electron chi connectivity index (χ2n) is 12.7. The molecule has 4 aliphatic rings. The molecule has 0 aromatic heterocycles. The molecule has 1 N–H and O–H groups in total. The van der Waals surface area contributed by atoms with Crippen molar-refractivity contribution in [2.24, 2.45) is 52.3 Å². The van der Waals surface area contributed by atoms with Crippen LogP contribution in [0.15, 0.2) is 11.6 Å². The van der Waals surface area contributed by atoms with Crippen LogP contribution in [0.5, 0.6) is 0 Å². The Bertz CT molecular complexity index is 708. The van der Waals surface area contributed by atoms with Gasteiger partial charge < -0.3 is 5.11 Å². The van der Waals surface area contributed by atoms with E-state index >= 15 is 0 Å². The smallest absolute Gasteiger partial charge is 0.158 e. The fraction of sp³-hybridized carbons (Fsp3) is 0.897. The number of hydrogen-bond donors (Lipinski definition) is 1. The van der Waals surface area contributed by atoms with Gasteiger partial charge in [-0.3, -0.25) is 4.79 Å². The minimum Gasteiger partial charge on any atom is -0.392 e. The standard InChI is InChI=1S/C29H48O2/c1-7-20(18(2)3)9-8-19(4)24-12-13-25-23-11-10-21-16-22(30)17-27(31)29(21,6)26(23)14-15-28(24,25)5/h16,18-20,23-27,31H,7-15,17H2,1-6H3. The van der Waals surface area contributed by atoms with E-state index in [1.165, 1.54) is 56.9 Å². The van der Waals surface area contributed by atoms with Crippen molar-refractivity contribution in [3.63, 3.8) is 0 Å². The molecule has 0 bridgehead atoms. The van der Waals surface area contributed by atoms with E-state index in [1.54, 1.807) is 0 Å². The van der Waals surface area contributed by atoms with E-state index in [2.05, 4.69) is 41.5 Å². The number of carbonyl (C=O) groups is 1. The monoisotopic (exact) mass is 428 g/mol. The maximum Gasteiger partial charge on any atom is 0.158 e. The lowest BCUT2D eigenvalue weighted by molar-refractivity contribution is -0.128. The van der Waals surface area contributed by atoms with Crippen molar-refractivity contribution < 1.29 is 9.90 Å². The van der Waals surface area contributed by atoms with E-state index in [9.17, 15) is 9.90 Å². The summed E-state index contributed by atoms with van der Waals surface area (Å²) < 4.78 is 0. The third-order valence-corrected chi connectivity index (χ3v) is 11.3. The van der Waals surface area contributed by atoms with Crippen molar-refractivity contribution in [1.29, 1.82) is 0 Å². The molecule has 9 atom stereocenters. The predicted octanol–water partition coefficient (Wildman–Crippen LogP) is 7.20. The number of carbonyl (C=O) groups excluding carboxylic acids is 1. The van der Waals surface area contributed by atoms with E-state index in [0.717, 1.165) is 41.9 Å². The molecular weight excluding hydrogens is 380 g/mol. The van der Waals surface area contributed by atoms with E-state index in [1.807, 2.05) is 6.08 Å². The summed E-state index contributed by atoms with van der Waals surface area (Å²) in [6, 6.07) is 0. The summed E-state index contributed by atoms with van der Waals surface area (Å²) in [5.74, 6) is 5.63. The first kappa shape index (κ1) is 23.5. The molecule has 2 nitrogen and oxygen atoms in total. The Balaban J connectivity index is 1.50. The first-order valence-electron chi connectivity index (χ1n) is 13.5. The van der Waals surface area contributed by atoms with Crippen molar-refractivity contribution >= 4 is 5.78 Å². The van der Waals surface area contributed by atoms with Crippen LogP contribution in [0.3, 0.4) is 0 Å². The Morgan fingerprint density at radius 3 is 2.48 bits per heavy atom. The number of fused-ring (bicyclic) bond motifs is 5. The highest BCUT2D eigenvalue weighted by atomic mass is 16.3. The lowest BCUT2D eigenvalue weighted by Gasteiger charge is -2.59. The molecule has 2 heteroatoms. The average molecular weight is 429 g/mol. The second-order valence-corrected chi connectivity index (χ2v) is 12.7. The Labute approximate surface area is 191 Å². The molecule has 3 saturated carbocycles. The van der Waals surface area contributed by atoms with Crippen molar-refractivity contribution in [3.8, 4) is 0 Å². The first-order chi connectivity index (χ1) is 14.6. The van der Waals surface area contributed by atoms with Gasteiger partial charge in [0.05, 0.1) is 6.10 Å². The van der Waals surface area contributed by atoms with Crippen molar-refractivity contribution in [2.75, 3.05) is 0 Å². The Kier molecular flexibility index (Phi) is 6.54. The van der Waals surface area contributed by atoms with Crippen LogP contribution >= 0.6 is 0 Å². The third kappa shape index (κ3) is 3.77. The van der Waals surface area contributed by atoms with E-state index in [4.69, 9.17) is 0 Å². The van der Waals surface area contributed by atoms with Crippen LogP contribution < -0.4 is 0 Å². The van der Waals surface area contributed by atoms with Crippen LogP contribution in [0.4, 0.5) is 0 Å². The molecule has 31 heavy (non-hydrogen) atoms. The highest BCUT2D eigenvalue weighted by molar-refractivity contribution is 5.92. The maximum atomic E-state index is 12.1. The topological polar surface area (TPSA) is 37.3 Å². The Morgan fingerprint density at radius 1 is 1.06 bits per heavy atom. The quantitative estimate of drug-likeness (QED) is 0.485. The highest BCUT2D eigenvalue weighted by Crippen LogP contribution is 2.67. The molecule has 176 valence electrons. The molecule has 0 radical (unpaired) electrons. The van der Waals surface area contributed by atoms with E-state index in [-0.39, 0.29) is 11.2 Å². The zero-order valence-electron chi connectivity index (χ0n) is 21.1. The van der Waals surface area contributed by atoms with Gasteiger partial charge in [-0.15, -0.1) is 0 Å². The number of hydrogen-bond acceptors (Lipinski definition) is 2. The molecule has 4 aliphatic carbocycles. The number of aliphatic hydroxyl groups excluding tert-OH is 1. The molecule has 0 spiro atoms. The van der Waals surface area contributed by atoms with Crippen LogP contribution in [-0.2, 0) is 4.79 Å². The highest BCUT2D eigenvalue weighted by Gasteiger charge is 2.61. The number of ketones is 1. The van der Waals surface area contributed by atoms with Crippen molar-refractivity contribution in [2.45, 2.75) is 112 Å². The van der Waals surface area contributed by atoms with Crippen LogP contribution in [0.1, 0.15) is 106 Å². The zero-order valence-corrected chi connectivity index (χ0v) is 21.1. The lowest BCUT2D eigenvalue weighted by Crippen LogP contribution is -2.55. The lowest BCUT2D eigenvalue weighted by atomic mass is 9.46. The molecule has 0 amide bonds. The van der Waals surface area contributed by atoms with Gasteiger partial charge in [-0.1, -0.05) is 60.0 Å². The largest absolute Gasteiger partial charge is 0.392 e. The van der Waals surface area contributed by atoms with Crippen LogP contribution in [0.25, 0.3) is 0 Å². The van der Waals surface area contributed by atoms with E-state index in [0.29, 0.717) is 17.8 Å². The molecule has 4 rings (SSSR count). The normalized spacial score (nSPS) is 44.3. The van der Waals surface area contributed by atoms with Crippen molar-refractivity contribution in [1.82, 2.24) is 0 Å². The Hall–Kier alpha value is -0.630. The average Bonchev–Trinajstić information content (AvgIpc) is 3.06. The summed E-state index contributed by atoms with van der Waals surface area (Å²) in [7, 11) is 0. The van der Waals surface area contributed by atoms with E-state index < -0.39 is 6.10 Å².